The highest BCUT2D eigenvalue weighted by molar-refractivity contribution is 5.28. The van der Waals surface area contributed by atoms with Crippen molar-refractivity contribution in [2.45, 2.75) is 77.0 Å². The van der Waals surface area contributed by atoms with E-state index in [0.29, 0.717) is 5.92 Å². The average molecular weight is 373 g/mol. The summed E-state index contributed by atoms with van der Waals surface area (Å²) in [6, 6.07) is 3.18. The summed E-state index contributed by atoms with van der Waals surface area (Å²) in [6.45, 7) is 5.50. The molecule has 0 nitrogen and oxygen atoms in total. The van der Waals surface area contributed by atoms with Crippen molar-refractivity contribution in [1.29, 1.82) is 0 Å². The van der Waals surface area contributed by atoms with Crippen molar-refractivity contribution in [3.63, 3.8) is 0 Å². The Morgan fingerprint density at radius 3 is 1.93 bits per heavy atom. The fourth-order valence-corrected chi connectivity index (χ4v) is 6.41. The van der Waals surface area contributed by atoms with Crippen LogP contribution in [-0.4, -0.2) is 0 Å². The molecule has 0 aromatic heterocycles. The van der Waals surface area contributed by atoms with E-state index in [2.05, 4.69) is 12.7 Å². The van der Waals surface area contributed by atoms with Gasteiger partial charge in [-0.25, -0.2) is 8.78 Å². The maximum absolute atomic E-state index is 14.0. The summed E-state index contributed by atoms with van der Waals surface area (Å²) in [4.78, 5) is 0. The van der Waals surface area contributed by atoms with Gasteiger partial charge in [-0.2, -0.15) is 0 Å². The zero-order valence-corrected chi connectivity index (χ0v) is 16.7. The summed E-state index contributed by atoms with van der Waals surface area (Å²) in [5.74, 6) is 3.79. The molecule has 0 spiro atoms. The standard InChI is InChI=1S/C25H34F2/c1-3-17-4-6-18(7-5-17)19-8-9-21-13-22(11-10-20(21)12-19)23-14-24(26)16(2)25(27)15-23/h3,14-15,17-22H,1,4-13H2,2H3. The Hall–Kier alpha value is -1.18. The first-order valence-electron chi connectivity index (χ1n) is 11.1. The zero-order valence-electron chi connectivity index (χ0n) is 16.7. The molecule has 148 valence electrons. The quantitative estimate of drug-likeness (QED) is 0.480. The number of hydrogen-bond acceptors (Lipinski definition) is 0. The molecule has 3 fully saturated rings. The summed E-state index contributed by atoms with van der Waals surface area (Å²) in [5.41, 5.74) is 1.04. The van der Waals surface area contributed by atoms with Crippen LogP contribution < -0.4 is 0 Å². The SMILES string of the molecule is C=CC1CCC(C2CCC3CC(c4cc(F)c(C)c(F)c4)CCC3C2)CC1. The smallest absolute Gasteiger partial charge is 0.129 e. The van der Waals surface area contributed by atoms with E-state index in [1.165, 1.54) is 58.3 Å². The third-order valence-corrected chi connectivity index (χ3v) is 8.24. The second kappa shape index (κ2) is 8.05. The van der Waals surface area contributed by atoms with Gasteiger partial charge in [0.1, 0.15) is 11.6 Å². The molecule has 4 rings (SSSR count). The fourth-order valence-electron chi connectivity index (χ4n) is 6.41. The Bertz CT molecular complexity index is 648. The summed E-state index contributed by atoms with van der Waals surface area (Å²) < 4.78 is 28.0. The van der Waals surface area contributed by atoms with Gasteiger partial charge in [0, 0.05) is 5.56 Å². The number of rotatable bonds is 3. The summed E-state index contributed by atoms with van der Waals surface area (Å²) in [5, 5.41) is 0. The van der Waals surface area contributed by atoms with E-state index < -0.39 is 0 Å². The average Bonchev–Trinajstić information content (AvgIpc) is 2.71. The molecular formula is C25H34F2. The van der Waals surface area contributed by atoms with Gasteiger partial charge in [-0.05, 0) is 124 Å². The van der Waals surface area contributed by atoms with Crippen LogP contribution in [0.25, 0.3) is 0 Å². The minimum absolute atomic E-state index is 0.152. The van der Waals surface area contributed by atoms with E-state index in [9.17, 15) is 8.78 Å². The van der Waals surface area contributed by atoms with Crippen LogP contribution in [0.15, 0.2) is 24.8 Å². The molecule has 4 unspecified atom stereocenters. The minimum Gasteiger partial charge on any atom is -0.207 e. The van der Waals surface area contributed by atoms with Crippen molar-refractivity contribution >= 4 is 0 Å². The Balaban J connectivity index is 1.36. The summed E-state index contributed by atoms with van der Waals surface area (Å²) in [6.07, 6.45) is 15.2. The van der Waals surface area contributed by atoms with Crippen LogP contribution in [0.2, 0.25) is 0 Å². The van der Waals surface area contributed by atoms with Gasteiger partial charge in [0.25, 0.3) is 0 Å². The van der Waals surface area contributed by atoms with Gasteiger partial charge in [-0.15, -0.1) is 6.58 Å². The van der Waals surface area contributed by atoms with Crippen molar-refractivity contribution in [1.82, 2.24) is 0 Å². The van der Waals surface area contributed by atoms with E-state index in [0.717, 1.165) is 48.0 Å². The normalized spacial score (nSPS) is 36.9. The van der Waals surface area contributed by atoms with Crippen LogP contribution >= 0.6 is 0 Å². The molecule has 1 aromatic rings. The molecule has 0 bridgehead atoms. The van der Waals surface area contributed by atoms with E-state index in [-0.39, 0.29) is 17.2 Å². The first kappa shape index (κ1) is 19.2. The lowest BCUT2D eigenvalue weighted by molar-refractivity contribution is 0.0747. The maximum atomic E-state index is 14.0. The van der Waals surface area contributed by atoms with Crippen molar-refractivity contribution in [2.75, 3.05) is 0 Å². The number of hydrogen-bond donors (Lipinski definition) is 0. The zero-order chi connectivity index (χ0) is 19.0. The van der Waals surface area contributed by atoms with Crippen molar-refractivity contribution in [3.8, 4) is 0 Å². The van der Waals surface area contributed by atoms with E-state index >= 15 is 0 Å². The molecule has 1 aromatic carbocycles. The van der Waals surface area contributed by atoms with Gasteiger partial charge in [0.15, 0.2) is 0 Å². The molecule has 0 N–H and O–H groups in total. The number of benzene rings is 1. The molecule has 27 heavy (non-hydrogen) atoms. The lowest BCUT2D eigenvalue weighted by atomic mass is 9.60. The molecule has 0 amide bonds. The molecule has 2 heteroatoms. The number of allylic oxidation sites excluding steroid dienone is 1. The predicted molar refractivity (Wildman–Crippen MR) is 108 cm³/mol. The number of halogens is 2. The molecule has 4 atom stereocenters. The van der Waals surface area contributed by atoms with Crippen LogP contribution in [0, 0.1) is 48.1 Å². The summed E-state index contributed by atoms with van der Waals surface area (Å²) in [7, 11) is 0. The number of fused-ring (bicyclic) bond motifs is 1. The van der Waals surface area contributed by atoms with E-state index in [1.807, 2.05) is 0 Å². The molecule has 0 saturated heterocycles. The van der Waals surface area contributed by atoms with Crippen molar-refractivity contribution in [3.05, 3.63) is 47.5 Å². The summed E-state index contributed by atoms with van der Waals surface area (Å²) >= 11 is 0. The molecule has 0 aliphatic heterocycles. The van der Waals surface area contributed by atoms with Crippen molar-refractivity contribution in [2.24, 2.45) is 29.6 Å². The molecule has 0 heterocycles. The monoisotopic (exact) mass is 372 g/mol. The predicted octanol–water partition coefficient (Wildman–Crippen LogP) is 7.57. The van der Waals surface area contributed by atoms with Gasteiger partial charge < -0.3 is 0 Å². The highest BCUT2D eigenvalue weighted by atomic mass is 19.1. The highest BCUT2D eigenvalue weighted by Gasteiger charge is 2.39. The Morgan fingerprint density at radius 2 is 1.30 bits per heavy atom. The molecule has 0 radical (unpaired) electrons. The Kier molecular flexibility index (Phi) is 5.71. The third kappa shape index (κ3) is 4.00. The van der Waals surface area contributed by atoms with Crippen LogP contribution in [0.1, 0.15) is 81.3 Å². The molecule has 3 aliphatic rings. The first-order valence-corrected chi connectivity index (χ1v) is 11.1. The molecule has 3 aliphatic carbocycles. The van der Waals surface area contributed by atoms with Gasteiger partial charge in [-0.3, -0.25) is 0 Å². The van der Waals surface area contributed by atoms with E-state index in [1.54, 1.807) is 12.1 Å². The Morgan fingerprint density at radius 1 is 0.778 bits per heavy atom. The minimum atomic E-state index is -0.383. The van der Waals surface area contributed by atoms with Gasteiger partial charge in [-0.1, -0.05) is 6.08 Å². The van der Waals surface area contributed by atoms with Gasteiger partial charge >= 0.3 is 0 Å². The van der Waals surface area contributed by atoms with Crippen LogP contribution in [0.4, 0.5) is 8.78 Å². The molecule has 3 saturated carbocycles. The topological polar surface area (TPSA) is 0 Å². The van der Waals surface area contributed by atoms with Crippen LogP contribution in [0.5, 0.6) is 0 Å². The lowest BCUT2D eigenvalue weighted by Gasteiger charge is -2.45. The molecular weight excluding hydrogens is 338 g/mol. The van der Waals surface area contributed by atoms with E-state index in [4.69, 9.17) is 0 Å². The largest absolute Gasteiger partial charge is 0.207 e. The van der Waals surface area contributed by atoms with Crippen LogP contribution in [-0.2, 0) is 0 Å². The maximum Gasteiger partial charge on any atom is 0.129 e. The second-order valence-corrected chi connectivity index (χ2v) is 9.62. The van der Waals surface area contributed by atoms with Crippen molar-refractivity contribution < 1.29 is 8.78 Å². The Labute approximate surface area is 163 Å². The highest BCUT2D eigenvalue weighted by Crippen LogP contribution is 2.51. The van der Waals surface area contributed by atoms with Crippen LogP contribution in [0.3, 0.4) is 0 Å². The first-order chi connectivity index (χ1) is 13.0. The third-order valence-electron chi connectivity index (χ3n) is 8.24. The fraction of sp³-hybridized carbons (Fsp3) is 0.680. The van der Waals surface area contributed by atoms with Gasteiger partial charge in [0.2, 0.25) is 0 Å². The lowest BCUT2D eigenvalue weighted by Crippen LogP contribution is -2.34. The van der Waals surface area contributed by atoms with Gasteiger partial charge in [0.05, 0.1) is 0 Å². The second-order valence-electron chi connectivity index (χ2n) is 9.62.